The molecule has 2 aromatic carbocycles. The van der Waals surface area contributed by atoms with E-state index in [4.69, 9.17) is 4.74 Å². The number of benzene rings is 2. The molecule has 5 heteroatoms. The molecule has 0 atom stereocenters. The lowest BCUT2D eigenvalue weighted by Gasteiger charge is -2.14. The van der Waals surface area contributed by atoms with Crippen LogP contribution in [0.3, 0.4) is 0 Å². The average Bonchev–Trinajstić information content (AvgIpc) is 3.25. The smallest absolute Gasteiger partial charge is 0.407 e. The van der Waals surface area contributed by atoms with E-state index in [1.165, 1.54) is 22.3 Å². The van der Waals surface area contributed by atoms with Crippen LogP contribution in [0.1, 0.15) is 22.7 Å². The average molecular weight is 357 g/mol. The minimum absolute atomic E-state index is 0.0581. The highest BCUT2D eigenvalue weighted by Crippen LogP contribution is 2.44. The zero-order valence-electron chi connectivity index (χ0n) is 15.0. The predicted octanol–water partition coefficient (Wildman–Crippen LogP) is 3.31. The van der Waals surface area contributed by atoms with Crippen molar-refractivity contribution >= 4 is 6.09 Å². The molecule has 4 rings (SSSR count). The van der Waals surface area contributed by atoms with Crippen molar-refractivity contribution in [1.82, 2.24) is 15.1 Å². The van der Waals surface area contributed by atoms with Crippen molar-refractivity contribution in [2.75, 3.05) is 13.2 Å². The molecule has 0 saturated heterocycles. The molecule has 0 aliphatic heterocycles. The normalized spacial score (nSPS) is 11.9. The van der Waals surface area contributed by atoms with Gasteiger partial charge in [-0.25, -0.2) is 4.79 Å². The standard InChI is InChI=1S/C22H19N3O2/c1-25-14-12-16(24-25)7-6-13-23-22(26)27-15-21-19-10-4-2-8-17(19)18-9-3-5-11-20(18)21/h2-5,8-12,14,21H,13,15H2,1H3,(H,23,26). The summed E-state index contributed by atoms with van der Waals surface area (Å²) >= 11 is 0. The van der Waals surface area contributed by atoms with Gasteiger partial charge in [-0.3, -0.25) is 4.68 Å². The lowest BCUT2D eigenvalue weighted by atomic mass is 9.98. The molecule has 3 aromatic rings. The summed E-state index contributed by atoms with van der Waals surface area (Å²) in [6.07, 6.45) is 1.36. The summed E-state index contributed by atoms with van der Waals surface area (Å²) in [5, 5.41) is 6.82. The third-order valence-electron chi connectivity index (χ3n) is 4.59. The van der Waals surface area contributed by atoms with Crippen LogP contribution in [0.2, 0.25) is 0 Å². The van der Waals surface area contributed by atoms with E-state index in [-0.39, 0.29) is 12.5 Å². The van der Waals surface area contributed by atoms with Gasteiger partial charge in [0.25, 0.3) is 0 Å². The first-order valence-electron chi connectivity index (χ1n) is 8.80. The fourth-order valence-corrected chi connectivity index (χ4v) is 3.38. The van der Waals surface area contributed by atoms with Crippen LogP contribution >= 0.6 is 0 Å². The number of alkyl carbamates (subject to hydrolysis) is 1. The van der Waals surface area contributed by atoms with Crippen LogP contribution in [0.15, 0.2) is 60.8 Å². The number of aromatic nitrogens is 2. The second-order valence-corrected chi connectivity index (χ2v) is 6.36. The van der Waals surface area contributed by atoms with Gasteiger partial charge in [0.05, 0.1) is 6.54 Å². The fraction of sp³-hybridized carbons (Fsp3) is 0.182. The molecule has 1 N–H and O–H groups in total. The Morgan fingerprint density at radius 1 is 1.11 bits per heavy atom. The van der Waals surface area contributed by atoms with Crippen LogP contribution in [0, 0.1) is 11.8 Å². The Labute approximate surface area is 158 Å². The second kappa shape index (κ2) is 7.38. The van der Waals surface area contributed by atoms with Gasteiger partial charge in [-0.1, -0.05) is 54.5 Å². The number of nitrogens with zero attached hydrogens (tertiary/aromatic N) is 2. The Morgan fingerprint density at radius 2 is 1.78 bits per heavy atom. The number of fused-ring (bicyclic) bond motifs is 3. The predicted molar refractivity (Wildman–Crippen MR) is 103 cm³/mol. The monoisotopic (exact) mass is 357 g/mol. The molecular weight excluding hydrogens is 338 g/mol. The van der Waals surface area contributed by atoms with Crippen LogP contribution in [-0.2, 0) is 11.8 Å². The first kappa shape index (κ1) is 16.9. The van der Waals surface area contributed by atoms with E-state index in [1.807, 2.05) is 43.6 Å². The highest BCUT2D eigenvalue weighted by molar-refractivity contribution is 5.79. The molecule has 0 saturated carbocycles. The molecule has 1 aromatic heterocycles. The minimum atomic E-state index is -0.466. The van der Waals surface area contributed by atoms with Crippen molar-refractivity contribution in [3.05, 3.63) is 77.6 Å². The van der Waals surface area contributed by atoms with Gasteiger partial charge in [0.1, 0.15) is 12.3 Å². The van der Waals surface area contributed by atoms with Crippen molar-refractivity contribution in [3.63, 3.8) is 0 Å². The Balaban J connectivity index is 1.36. The maximum Gasteiger partial charge on any atom is 0.407 e. The minimum Gasteiger partial charge on any atom is -0.449 e. The van der Waals surface area contributed by atoms with E-state index >= 15 is 0 Å². The summed E-state index contributed by atoms with van der Waals surface area (Å²) in [6, 6.07) is 18.3. The number of carbonyl (C=O) groups is 1. The Bertz CT molecular complexity index is 997. The molecule has 27 heavy (non-hydrogen) atoms. The number of rotatable bonds is 3. The number of nitrogens with one attached hydrogen (secondary N) is 1. The molecule has 5 nitrogen and oxygen atoms in total. The van der Waals surface area contributed by atoms with Crippen LogP contribution in [0.4, 0.5) is 4.79 Å². The van der Waals surface area contributed by atoms with Gasteiger partial charge in [0, 0.05) is 19.2 Å². The molecule has 134 valence electrons. The molecule has 0 unspecified atom stereocenters. The zero-order chi connectivity index (χ0) is 18.6. The fourth-order valence-electron chi connectivity index (χ4n) is 3.38. The van der Waals surface area contributed by atoms with Gasteiger partial charge in [0.2, 0.25) is 0 Å². The number of ether oxygens (including phenoxy) is 1. The Hall–Kier alpha value is -3.52. The van der Waals surface area contributed by atoms with Crippen molar-refractivity contribution < 1.29 is 9.53 Å². The van der Waals surface area contributed by atoms with Crippen LogP contribution < -0.4 is 5.32 Å². The van der Waals surface area contributed by atoms with E-state index in [1.54, 1.807) is 4.68 Å². The van der Waals surface area contributed by atoms with Crippen molar-refractivity contribution in [3.8, 4) is 23.0 Å². The molecule has 1 amide bonds. The van der Waals surface area contributed by atoms with Gasteiger partial charge in [-0.2, -0.15) is 5.10 Å². The highest BCUT2D eigenvalue weighted by atomic mass is 16.5. The number of carbonyl (C=O) groups excluding carboxylic acids is 1. The molecule has 1 aliphatic rings. The van der Waals surface area contributed by atoms with Crippen LogP contribution in [0.5, 0.6) is 0 Å². The molecule has 0 fully saturated rings. The Kier molecular flexibility index (Phi) is 4.63. The lowest BCUT2D eigenvalue weighted by molar-refractivity contribution is 0.144. The first-order chi connectivity index (χ1) is 13.2. The van der Waals surface area contributed by atoms with E-state index in [9.17, 15) is 4.79 Å². The second-order valence-electron chi connectivity index (χ2n) is 6.36. The maximum absolute atomic E-state index is 12.0. The molecular formula is C22H19N3O2. The third-order valence-corrected chi connectivity index (χ3v) is 4.59. The first-order valence-corrected chi connectivity index (χ1v) is 8.80. The van der Waals surface area contributed by atoms with Crippen LogP contribution in [-0.4, -0.2) is 29.0 Å². The summed E-state index contributed by atoms with van der Waals surface area (Å²) < 4.78 is 7.14. The zero-order valence-corrected chi connectivity index (χ0v) is 15.0. The van der Waals surface area contributed by atoms with Crippen LogP contribution in [0.25, 0.3) is 11.1 Å². The van der Waals surface area contributed by atoms with Gasteiger partial charge < -0.3 is 10.1 Å². The summed E-state index contributed by atoms with van der Waals surface area (Å²) in [7, 11) is 1.83. The summed E-state index contributed by atoms with van der Waals surface area (Å²) in [4.78, 5) is 12.0. The number of aryl methyl sites for hydroxylation is 1. The van der Waals surface area contributed by atoms with E-state index < -0.39 is 6.09 Å². The van der Waals surface area contributed by atoms with Gasteiger partial charge in [-0.05, 0) is 34.2 Å². The van der Waals surface area contributed by atoms with Gasteiger partial charge in [-0.15, -0.1) is 0 Å². The number of hydrogen-bond donors (Lipinski definition) is 1. The summed E-state index contributed by atoms with van der Waals surface area (Å²) in [5.41, 5.74) is 5.49. The van der Waals surface area contributed by atoms with E-state index in [0.717, 1.165) is 0 Å². The SMILES string of the molecule is Cn1ccc(C#CCNC(=O)OCC2c3ccccc3-c3ccccc32)n1. The molecule has 0 bridgehead atoms. The van der Waals surface area contributed by atoms with Crippen molar-refractivity contribution in [2.45, 2.75) is 5.92 Å². The third kappa shape index (κ3) is 3.56. The molecule has 1 heterocycles. The van der Waals surface area contributed by atoms with Gasteiger partial charge in [0.15, 0.2) is 0 Å². The number of amides is 1. The largest absolute Gasteiger partial charge is 0.449 e. The molecule has 0 spiro atoms. The van der Waals surface area contributed by atoms with Crippen molar-refractivity contribution in [2.24, 2.45) is 7.05 Å². The highest BCUT2D eigenvalue weighted by Gasteiger charge is 2.28. The number of hydrogen-bond acceptors (Lipinski definition) is 3. The van der Waals surface area contributed by atoms with Crippen molar-refractivity contribution in [1.29, 1.82) is 0 Å². The summed E-state index contributed by atoms with van der Waals surface area (Å²) in [5.74, 6) is 5.82. The lowest BCUT2D eigenvalue weighted by Crippen LogP contribution is -2.26. The van der Waals surface area contributed by atoms with Gasteiger partial charge >= 0.3 is 6.09 Å². The van der Waals surface area contributed by atoms with E-state index in [2.05, 4.69) is 46.5 Å². The Morgan fingerprint density at radius 3 is 2.41 bits per heavy atom. The topological polar surface area (TPSA) is 56.2 Å². The van der Waals surface area contributed by atoms with E-state index in [0.29, 0.717) is 12.3 Å². The maximum atomic E-state index is 12.0. The molecule has 1 aliphatic carbocycles. The summed E-state index contributed by atoms with van der Waals surface area (Å²) in [6.45, 7) is 0.515. The quantitative estimate of drug-likeness (QED) is 0.732. The molecule has 0 radical (unpaired) electrons.